The number of imidazole rings is 1. The third kappa shape index (κ3) is 7.03. The number of aromatic amines is 1. The summed E-state index contributed by atoms with van der Waals surface area (Å²) >= 11 is 0. The second kappa shape index (κ2) is 11.4. The number of nitrogens with zero attached hydrogens (tertiary/aromatic N) is 1. The zero-order valence-electron chi connectivity index (χ0n) is 17.6. The van der Waals surface area contributed by atoms with E-state index in [9.17, 15) is 19.2 Å². The summed E-state index contributed by atoms with van der Waals surface area (Å²) < 4.78 is 0. The minimum Gasteiger partial charge on any atom is -0.480 e. The van der Waals surface area contributed by atoms with Gasteiger partial charge in [-0.3, -0.25) is 14.4 Å². The van der Waals surface area contributed by atoms with Gasteiger partial charge in [-0.25, -0.2) is 9.78 Å². The van der Waals surface area contributed by atoms with Gasteiger partial charge in [0.05, 0.1) is 19.0 Å². The van der Waals surface area contributed by atoms with Crippen LogP contribution in [0.1, 0.15) is 32.4 Å². The summed E-state index contributed by atoms with van der Waals surface area (Å²) in [6.07, 6.45) is 4.65. The number of carboxylic acid groups (broad SMARTS) is 1. The maximum absolute atomic E-state index is 13.0. The summed E-state index contributed by atoms with van der Waals surface area (Å²) in [5, 5.41) is 28.8. The topological polar surface area (TPSA) is 186 Å². The van der Waals surface area contributed by atoms with Gasteiger partial charge in [0.1, 0.15) is 18.1 Å². The van der Waals surface area contributed by atoms with E-state index in [0.29, 0.717) is 12.1 Å². The van der Waals surface area contributed by atoms with Gasteiger partial charge in [0.15, 0.2) is 0 Å². The molecule has 1 aliphatic heterocycles. The Balaban J connectivity index is 2.11. The molecule has 0 aromatic carbocycles. The molecule has 0 saturated carbocycles. The van der Waals surface area contributed by atoms with Gasteiger partial charge in [-0.15, -0.1) is 0 Å². The zero-order chi connectivity index (χ0) is 23.0. The normalized spacial score (nSPS) is 18.8. The number of H-pyrrole nitrogens is 1. The van der Waals surface area contributed by atoms with Gasteiger partial charge in [0, 0.05) is 18.3 Å². The van der Waals surface area contributed by atoms with Crippen LogP contribution in [0.3, 0.4) is 0 Å². The van der Waals surface area contributed by atoms with Crippen molar-refractivity contribution in [2.24, 2.45) is 5.92 Å². The molecule has 1 aromatic rings. The number of aromatic nitrogens is 2. The molecule has 0 spiro atoms. The van der Waals surface area contributed by atoms with E-state index >= 15 is 0 Å². The van der Waals surface area contributed by atoms with Crippen molar-refractivity contribution in [2.45, 2.75) is 57.3 Å². The van der Waals surface area contributed by atoms with Crippen LogP contribution in [0.25, 0.3) is 0 Å². The van der Waals surface area contributed by atoms with Crippen molar-refractivity contribution in [2.75, 3.05) is 13.2 Å². The summed E-state index contributed by atoms with van der Waals surface area (Å²) in [6.45, 7) is 3.31. The molecule has 3 amide bonds. The highest BCUT2D eigenvalue weighted by atomic mass is 16.4. The van der Waals surface area contributed by atoms with Gasteiger partial charge >= 0.3 is 5.97 Å². The zero-order valence-corrected chi connectivity index (χ0v) is 17.6. The van der Waals surface area contributed by atoms with Crippen molar-refractivity contribution < 1.29 is 29.4 Å². The second-order valence-electron chi connectivity index (χ2n) is 7.80. The number of aliphatic hydroxyl groups excluding tert-OH is 1. The molecule has 0 bridgehead atoms. The maximum atomic E-state index is 13.0. The lowest BCUT2D eigenvalue weighted by molar-refractivity contribution is -0.143. The SMILES string of the molecule is CC(C)C(NC(=O)C(Cc1cnc[nH]1)NC(=O)C1CCCN1)C(=O)NC(CO)C(=O)O. The van der Waals surface area contributed by atoms with Gasteiger partial charge in [-0.2, -0.15) is 0 Å². The molecule has 4 atom stereocenters. The minimum atomic E-state index is -1.49. The lowest BCUT2D eigenvalue weighted by atomic mass is 10.0. The Labute approximate surface area is 179 Å². The molecule has 1 saturated heterocycles. The molecular formula is C19H30N6O6. The molecule has 2 rings (SSSR count). The molecule has 2 heterocycles. The average Bonchev–Trinajstić information content (AvgIpc) is 3.42. The van der Waals surface area contributed by atoms with Crippen LogP contribution in [0.2, 0.25) is 0 Å². The lowest BCUT2D eigenvalue weighted by Crippen LogP contribution is -2.59. The maximum Gasteiger partial charge on any atom is 0.328 e. The van der Waals surface area contributed by atoms with Gasteiger partial charge < -0.3 is 36.5 Å². The highest BCUT2D eigenvalue weighted by Gasteiger charge is 2.32. The monoisotopic (exact) mass is 438 g/mol. The predicted molar refractivity (Wildman–Crippen MR) is 109 cm³/mol. The molecule has 12 nitrogen and oxygen atoms in total. The fourth-order valence-electron chi connectivity index (χ4n) is 3.24. The molecule has 1 aromatic heterocycles. The Morgan fingerprint density at radius 3 is 2.42 bits per heavy atom. The van der Waals surface area contributed by atoms with Crippen LogP contribution in [-0.4, -0.2) is 81.2 Å². The number of hydrogen-bond donors (Lipinski definition) is 7. The number of rotatable bonds is 11. The van der Waals surface area contributed by atoms with Crippen molar-refractivity contribution >= 4 is 23.7 Å². The first-order valence-electron chi connectivity index (χ1n) is 10.2. The molecular weight excluding hydrogens is 408 g/mol. The largest absolute Gasteiger partial charge is 0.480 e. The van der Waals surface area contributed by atoms with Crippen LogP contribution in [0.5, 0.6) is 0 Å². The lowest BCUT2D eigenvalue weighted by Gasteiger charge is -2.26. The quantitative estimate of drug-likeness (QED) is 0.205. The predicted octanol–water partition coefficient (Wildman–Crippen LogP) is -2.11. The van der Waals surface area contributed by atoms with Crippen molar-refractivity contribution in [3.05, 3.63) is 18.2 Å². The van der Waals surface area contributed by atoms with Gasteiger partial charge in [-0.05, 0) is 25.3 Å². The Morgan fingerprint density at radius 2 is 1.90 bits per heavy atom. The molecule has 0 aliphatic carbocycles. The van der Waals surface area contributed by atoms with E-state index in [1.54, 1.807) is 13.8 Å². The summed E-state index contributed by atoms with van der Waals surface area (Å²) in [5.41, 5.74) is 0.622. The van der Waals surface area contributed by atoms with Gasteiger partial charge in [0.2, 0.25) is 17.7 Å². The summed E-state index contributed by atoms with van der Waals surface area (Å²) in [5.74, 6) is -3.41. The van der Waals surface area contributed by atoms with Crippen molar-refractivity contribution in [3.8, 4) is 0 Å². The fraction of sp³-hybridized carbons (Fsp3) is 0.632. The highest BCUT2D eigenvalue weighted by molar-refractivity contribution is 5.94. The van der Waals surface area contributed by atoms with Crippen molar-refractivity contribution in [1.82, 2.24) is 31.2 Å². The standard InChI is InChI=1S/C19H30N6O6/c1-10(2)15(18(29)24-14(8-26)19(30)31)25-17(28)13(6-11-7-20-9-22-11)23-16(27)12-4-3-5-21-12/h7,9-10,12-15,21,26H,3-6,8H2,1-2H3,(H,20,22)(H,23,27)(H,24,29)(H,25,28)(H,30,31). The van der Waals surface area contributed by atoms with E-state index < -0.39 is 42.5 Å². The Morgan fingerprint density at radius 1 is 1.16 bits per heavy atom. The number of carbonyl (C=O) groups excluding carboxylic acids is 3. The summed E-state index contributed by atoms with van der Waals surface area (Å²) in [4.78, 5) is 56.0. The van der Waals surface area contributed by atoms with Gasteiger partial charge in [-0.1, -0.05) is 13.8 Å². The highest BCUT2D eigenvalue weighted by Crippen LogP contribution is 2.08. The van der Waals surface area contributed by atoms with Crippen LogP contribution in [0.4, 0.5) is 0 Å². The number of carbonyl (C=O) groups is 4. The van der Waals surface area contributed by atoms with Crippen LogP contribution >= 0.6 is 0 Å². The van der Waals surface area contributed by atoms with E-state index in [4.69, 9.17) is 10.2 Å². The molecule has 1 aliphatic rings. The number of hydrogen-bond acceptors (Lipinski definition) is 7. The van der Waals surface area contributed by atoms with Crippen LogP contribution in [0.15, 0.2) is 12.5 Å². The number of aliphatic carboxylic acids is 1. The van der Waals surface area contributed by atoms with E-state index in [1.807, 2.05) is 0 Å². The molecule has 4 unspecified atom stereocenters. The molecule has 12 heteroatoms. The fourth-order valence-corrected chi connectivity index (χ4v) is 3.24. The first kappa shape index (κ1) is 24.3. The number of aliphatic hydroxyl groups is 1. The van der Waals surface area contributed by atoms with Gasteiger partial charge in [0.25, 0.3) is 0 Å². The van der Waals surface area contributed by atoms with E-state index in [2.05, 4.69) is 31.2 Å². The molecule has 1 fully saturated rings. The van der Waals surface area contributed by atoms with E-state index in [0.717, 1.165) is 13.0 Å². The smallest absolute Gasteiger partial charge is 0.328 e. The van der Waals surface area contributed by atoms with E-state index in [1.165, 1.54) is 12.5 Å². The van der Waals surface area contributed by atoms with Crippen LogP contribution in [0, 0.1) is 5.92 Å². The first-order chi connectivity index (χ1) is 14.7. The Bertz CT molecular complexity index is 762. The van der Waals surface area contributed by atoms with Crippen molar-refractivity contribution in [1.29, 1.82) is 0 Å². The summed E-state index contributed by atoms with van der Waals surface area (Å²) in [7, 11) is 0. The summed E-state index contributed by atoms with van der Waals surface area (Å²) in [6, 6.07) is -3.91. The second-order valence-corrected chi connectivity index (χ2v) is 7.80. The molecule has 0 radical (unpaired) electrons. The number of amides is 3. The third-order valence-corrected chi connectivity index (χ3v) is 5.03. The molecule has 31 heavy (non-hydrogen) atoms. The molecule has 172 valence electrons. The average molecular weight is 438 g/mol. The number of carboxylic acids is 1. The first-order valence-corrected chi connectivity index (χ1v) is 10.2. The van der Waals surface area contributed by atoms with Crippen molar-refractivity contribution in [3.63, 3.8) is 0 Å². The van der Waals surface area contributed by atoms with E-state index in [-0.39, 0.29) is 24.3 Å². The Hall–Kier alpha value is -2.99. The molecule has 7 N–H and O–H groups in total. The Kier molecular flexibility index (Phi) is 8.94. The van der Waals surface area contributed by atoms with Crippen LogP contribution < -0.4 is 21.3 Å². The number of nitrogens with one attached hydrogen (secondary N) is 5. The van der Waals surface area contributed by atoms with Crippen LogP contribution in [-0.2, 0) is 25.6 Å². The third-order valence-electron chi connectivity index (χ3n) is 5.03. The minimum absolute atomic E-state index is 0.130.